The summed E-state index contributed by atoms with van der Waals surface area (Å²) in [5.74, 6) is -2.38. The molecule has 2 aromatic carbocycles. The van der Waals surface area contributed by atoms with Crippen LogP contribution in [0.1, 0.15) is 38.8 Å². The standard InChI is InChI=1S/C27H37N4O8P/c1-17(2)24(27(35)29-18(3)25(33)28-15-14-20-8-6-5-7-9-20)31-26(34)23(30-19(4)32)16-21-10-12-22(13-11-21)39-40(36,37)38/h5-13,17-18,23-24H,14-16H2,1-4H3,(H,28,33)(H,29,35)(H,30,32)(H,31,34)(H2,36,37,38)/t18-,23+,24+/m1/s1. The molecule has 0 bridgehead atoms. The van der Waals surface area contributed by atoms with Crippen molar-refractivity contribution >= 4 is 31.5 Å². The maximum absolute atomic E-state index is 13.1. The molecule has 0 aliphatic carbocycles. The van der Waals surface area contributed by atoms with E-state index in [0.717, 1.165) is 5.56 Å². The molecule has 40 heavy (non-hydrogen) atoms. The van der Waals surface area contributed by atoms with Gasteiger partial charge in [-0.15, -0.1) is 0 Å². The van der Waals surface area contributed by atoms with Gasteiger partial charge < -0.3 is 25.8 Å². The summed E-state index contributed by atoms with van der Waals surface area (Å²) in [6.07, 6.45) is 0.677. The molecule has 12 nitrogen and oxygen atoms in total. The number of hydrogen-bond donors (Lipinski definition) is 6. The van der Waals surface area contributed by atoms with Crippen LogP contribution in [-0.2, 0) is 36.6 Å². The summed E-state index contributed by atoms with van der Waals surface area (Å²) >= 11 is 0. The Kier molecular flexibility index (Phi) is 12.3. The number of benzene rings is 2. The minimum Gasteiger partial charge on any atom is -0.404 e. The summed E-state index contributed by atoms with van der Waals surface area (Å²) < 4.78 is 15.5. The van der Waals surface area contributed by atoms with Crippen LogP contribution in [0.5, 0.6) is 5.75 Å². The Morgan fingerprint density at radius 1 is 0.825 bits per heavy atom. The van der Waals surface area contributed by atoms with Gasteiger partial charge in [-0.1, -0.05) is 56.3 Å². The van der Waals surface area contributed by atoms with Crippen molar-refractivity contribution in [2.24, 2.45) is 5.92 Å². The molecule has 0 saturated carbocycles. The van der Waals surface area contributed by atoms with Crippen molar-refractivity contribution in [3.8, 4) is 5.75 Å². The highest BCUT2D eigenvalue weighted by Gasteiger charge is 2.30. The van der Waals surface area contributed by atoms with Crippen LogP contribution in [0, 0.1) is 5.92 Å². The topological polar surface area (TPSA) is 183 Å². The predicted octanol–water partition coefficient (Wildman–Crippen LogP) is 1.21. The second-order valence-electron chi connectivity index (χ2n) is 9.67. The van der Waals surface area contributed by atoms with E-state index in [1.54, 1.807) is 20.8 Å². The largest absolute Gasteiger partial charge is 0.524 e. The maximum Gasteiger partial charge on any atom is 0.524 e. The molecule has 0 aliphatic heterocycles. The van der Waals surface area contributed by atoms with E-state index in [9.17, 15) is 23.7 Å². The highest BCUT2D eigenvalue weighted by molar-refractivity contribution is 7.46. The van der Waals surface area contributed by atoms with Crippen molar-refractivity contribution in [2.75, 3.05) is 6.54 Å². The van der Waals surface area contributed by atoms with E-state index in [-0.39, 0.29) is 24.0 Å². The molecule has 0 aromatic heterocycles. The Balaban J connectivity index is 1.99. The lowest BCUT2D eigenvalue weighted by atomic mass is 10.0. The van der Waals surface area contributed by atoms with Gasteiger partial charge in [0.25, 0.3) is 0 Å². The number of hydrogen-bond acceptors (Lipinski definition) is 6. The van der Waals surface area contributed by atoms with E-state index in [1.807, 2.05) is 30.3 Å². The van der Waals surface area contributed by atoms with Gasteiger partial charge in [-0.2, -0.15) is 0 Å². The summed E-state index contributed by atoms with van der Waals surface area (Å²) in [6, 6.07) is 12.4. The first-order valence-electron chi connectivity index (χ1n) is 12.8. The fourth-order valence-corrected chi connectivity index (χ4v) is 4.20. The Labute approximate surface area is 233 Å². The summed E-state index contributed by atoms with van der Waals surface area (Å²) in [6.45, 7) is 6.68. The van der Waals surface area contributed by atoms with E-state index in [4.69, 9.17) is 9.79 Å². The minimum atomic E-state index is -4.72. The van der Waals surface area contributed by atoms with Gasteiger partial charge in [0.15, 0.2) is 0 Å². The number of nitrogens with one attached hydrogen (secondary N) is 4. The lowest BCUT2D eigenvalue weighted by molar-refractivity contribution is -0.134. The molecule has 0 spiro atoms. The first-order chi connectivity index (χ1) is 18.7. The van der Waals surface area contributed by atoms with Gasteiger partial charge >= 0.3 is 7.82 Å². The quantitative estimate of drug-likeness (QED) is 0.181. The number of rotatable bonds is 14. The zero-order valence-electron chi connectivity index (χ0n) is 22.9. The third-order valence-corrected chi connectivity index (χ3v) is 6.28. The van der Waals surface area contributed by atoms with Crippen LogP contribution < -0.4 is 25.8 Å². The average Bonchev–Trinajstić information content (AvgIpc) is 2.87. The summed E-state index contributed by atoms with van der Waals surface area (Å²) in [5, 5.41) is 10.7. The molecule has 0 fully saturated rings. The van der Waals surface area contributed by atoms with Crippen molar-refractivity contribution in [1.82, 2.24) is 21.3 Å². The normalized spacial score (nSPS) is 13.5. The first kappa shape index (κ1) is 32.5. The molecule has 13 heteroatoms. The smallest absolute Gasteiger partial charge is 0.404 e. The van der Waals surface area contributed by atoms with Crippen LogP contribution >= 0.6 is 7.82 Å². The van der Waals surface area contributed by atoms with Crippen LogP contribution in [0.25, 0.3) is 0 Å². The van der Waals surface area contributed by atoms with Crippen LogP contribution in [0.15, 0.2) is 54.6 Å². The molecule has 0 radical (unpaired) electrons. The van der Waals surface area contributed by atoms with Crippen LogP contribution in [0.3, 0.4) is 0 Å². The van der Waals surface area contributed by atoms with Crippen molar-refractivity contribution in [3.63, 3.8) is 0 Å². The summed E-state index contributed by atoms with van der Waals surface area (Å²) in [4.78, 5) is 68.3. The van der Waals surface area contributed by atoms with E-state index >= 15 is 0 Å². The fourth-order valence-electron chi connectivity index (χ4n) is 3.80. The predicted molar refractivity (Wildman–Crippen MR) is 148 cm³/mol. The third kappa shape index (κ3) is 11.6. The van der Waals surface area contributed by atoms with Crippen molar-refractivity contribution in [3.05, 3.63) is 65.7 Å². The maximum atomic E-state index is 13.1. The van der Waals surface area contributed by atoms with Gasteiger partial charge in [0.05, 0.1) is 0 Å². The molecular formula is C27H37N4O8P. The lowest BCUT2D eigenvalue weighted by Crippen LogP contribution is -2.58. The van der Waals surface area contributed by atoms with Gasteiger partial charge in [-0.25, -0.2) is 4.57 Å². The number of amides is 4. The second-order valence-corrected chi connectivity index (χ2v) is 10.8. The number of phosphoric acid groups is 1. The monoisotopic (exact) mass is 576 g/mol. The number of carbonyl (C=O) groups excluding carboxylic acids is 4. The van der Waals surface area contributed by atoms with Gasteiger partial charge in [0.2, 0.25) is 23.6 Å². The molecule has 6 N–H and O–H groups in total. The van der Waals surface area contributed by atoms with Gasteiger partial charge in [0, 0.05) is 19.9 Å². The van der Waals surface area contributed by atoms with Crippen LogP contribution in [-0.4, -0.2) is 58.1 Å². The van der Waals surface area contributed by atoms with Gasteiger partial charge in [-0.3, -0.25) is 29.0 Å². The van der Waals surface area contributed by atoms with Gasteiger partial charge in [0.1, 0.15) is 23.9 Å². The third-order valence-electron chi connectivity index (χ3n) is 5.84. The lowest BCUT2D eigenvalue weighted by Gasteiger charge is -2.26. The highest BCUT2D eigenvalue weighted by atomic mass is 31.2. The summed E-state index contributed by atoms with van der Waals surface area (Å²) in [5.41, 5.74) is 1.64. The second kappa shape index (κ2) is 15.2. The average molecular weight is 577 g/mol. The molecule has 0 saturated heterocycles. The van der Waals surface area contributed by atoms with Gasteiger partial charge in [-0.05, 0) is 42.5 Å². The van der Waals surface area contributed by atoms with E-state index in [0.29, 0.717) is 18.5 Å². The molecule has 2 rings (SSSR count). The zero-order valence-corrected chi connectivity index (χ0v) is 23.8. The van der Waals surface area contributed by atoms with E-state index < -0.39 is 43.7 Å². The highest BCUT2D eigenvalue weighted by Crippen LogP contribution is 2.37. The Bertz CT molecular complexity index is 1200. The van der Waals surface area contributed by atoms with E-state index in [1.165, 1.54) is 31.2 Å². The van der Waals surface area contributed by atoms with Crippen molar-refractivity contribution in [1.29, 1.82) is 0 Å². The minimum absolute atomic E-state index is 0.0360. The first-order valence-corrected chi connectivity index (χ1v) is 14.3. The molecule has 3 atom stereocenters. The molecule has 4 amide bonds. The van der Waals surface area contributed by atoms with Crippen LogP contribution in [0.4, 0.5) is 0 Å². The fraction of sp³-hybridized carbons (Fsp3) is 0.407. The molecule has 0 aliphatic rings. The Hall–Kier alpha value is -3.73. The molecule has 0 heterocycles. The Morgan fingerprint density at radius 3 is 2.00 bits per heavy atom. The number of phosphoric ester groups is 1. The van der Waals surface area contributed by atoms with E-state index in [2.05, 4.69) is 25.8 Å². The molecule has 0 unspecified atom stereocenters. The van der Waals surface area contributed by atoms with Crippen LogP contribution in [0.2, 0.25) is 0 Å². The molecule has 218 valence electrons. The summed E-state index contributed by atoms with van der Waals surface area (Å²) in [7, 11) is -4.72. The van der Waals surface area contributed by atoms with Crippen molar-refractivity contribution < 1.29 is 38.1 Å². The SMILES string of the molecule is CC(=O)N[C@@H](Cc1ccc(OP(=O)(O)O)cc1)C(=O)N[C@H](C(=O)N[C@H](C)C(=O)NCCc1ccccc1)C(C)C. The Morgan fingerprint density at radius 2 is 1.45 bits per heavy atom. The molecule has 2 aromatic rings. The molecular weight excluding hydrogens is 539 g/mol. The zero-order chi connectivity index (χ0) is 29.9. The number of carbonyl (C=O) groups is 4. The van der Waals surface area contributed by atoms with Crippen molar-refractivity contribution in [2.45, 2.75) is 58.7 Å².